The van der Waals surface area contributed by atoms with Crippen LogP contribution in [0, 0.1) is 6.92 Å². The lowest BCUT2D eigenvalue weighted by molar-refractivity contribution is 0.396. The van der Waals surface area contributed by atoms with Crippen molar-refractivity contribution < 1.29 is 4.74 Å². The van der Waals surface area contributed by atoms with Crippen LogP contribution in [0.3, 0.4) is 0 Å². The van der Waals surface area contributed by atoms with Crippen LogP contribution in [0.4, 0.5) is 0 Å². The number of nitrogens with one attached hydrogen (secondary N) is 1. The third-order valence-corrected chi connectivity index (χ3v) is 2.75. The molecule has 0 saturated carbocycles. The second kappa shape index (κ2) is 3.96. The molecule has 1 N–H and O–H groups in total. The van der Waals surface area contributed by atoms with E-state index in [-0.39, 0.29) is 0 Å². The standard InChI is InChI=1S/C11H16N2O/c1-8-9(10-4-3-7-12-10)5-6-11(13-8)14-2/h5-6,10,12H,3-4,7H2,1-2H3/t10-/m0/s1. The highest BCUT2D eigenvalue weighted by Gasteiger charge is 2.18. The van der Waals surface area contributed by atoms with Gasteiger partial charge in [0.05, 0.1) is 7.11 Å². The summed E-state index contributed by atoms with van der Waals surface area (Å²) >= 11 is 0. The normalized spacial score (nSPS) is 21.1. The van der Waals surface area contributed by atoms with E-state index < -0.39 is 0 Å². The number of pyridine rings is 1. The highest BCUT2D eigenvalue weighted by atomic mass is 16.5. The monoisotopic (exact) mass is 192 g/mol. The van der Waals surface area contributed by atoms with Crippen molar-refractivity contribution in [3.05, 3.63) is 23.4 Å². The molecule has 1 aliphatic heterocycles. The molecule has 2 rings (SSSR count). The van der Waals surface area contributed by atoms with Gasteiger partial charge in [-0.05, 0) is 31.9 Å². The summed E-state index contributed by atoms with van der Waals surface area (Å²) in [5.41, 5.74) is 2.38. The first-order valence-electron chi connectivity index (χ1n) is 5.06. The molecular weight excluding hydrogens is 176 g/mol. The molecule has 0 amide bonds. The number of ether oxygens (including phenoxy) is 1. The fraction of sp³-hybridized carbons (Fsp3) is 0.545. The molecular formula is C11H16N2O. The van der Waals surface area contributed by atoms with Crippen molar-refractivity contribution in [1.82, 2.24) is 10.3 Å². The minimum absolute atomic E-state index is 0.494. The van der Waals surface area contributed by atoms with Crippen molar-refractivity contribution in [3.63, 3.8) is 0 Å². The van der Waals surface area contributed by atoms with Gasteiger partial charge in [0.25, 0.3) is 0 Å². The second-order valence-electron chi connectivity index (χ2n) is 3.68. The Morgan fingerprint density at radius 1 is 1.50 bits per heavy atom. The average Bonchev–Trinajstić information content (AvgIpc) is 2.70. The molecule has 0 unspecified atom stereocenters. The predicted molar refractivity (Wildman–Crippen MR) is 55.5 cm³/mol. The predicted octanol–water partition coefficient (Wildman–Crippen LogP) is 1.82. The van der Waals surface area contributed by atoms with Crippen molar-refractivity contribution in [2.75, 3.05) is 13.7 Å². The number of aryl methyl sites for hydroxylation is 1. The zero-order valence-corrected chi connectivity index (χ0v) is 8.71. The molecule has 0 bridgehead atoms. The first-order valence-corrected chi connectivity index (χ1v) is 5.06. The van der Waals surface area contributed by atoms with E-state index in [4.69, 9.17) is 4.74 Å². The maximum absolute atomic E-state index is 5.08. The van der Waals surface area contributed by atoms with Gasteiger partial charge in [-0.2, -0.15) is 0 Å². The Morgan fingerprint density at radius 2 is 2.36 bits per heavy atom. The summed E-state index contributed by atoms with van der Waals surface area (Å²) in [6, 6.07) is 4.54. The molecule has 0 radical (unpaired) electrons. The Labute approximate surface area is 84.5 Å². The van der Waals surface area contributed by atoms with E-state index in [9.17, 15) is 0 Å². The molecule has 1 fully saturated rings. The van der Waals surface area contributed by atoms with Crippen molar-refractivity contribution in [2.24, 2.45) is 0 Å². The van der Waals surface area contributed by atoms with Crippen molar-refractivity contribution in [2.45, 2.75) is 25.8 Å². The summed E-state index contributed by atoms with van der Waals surface area (Å²) in [7, 11) is 1.65. The Bertz CT molecular complexity index is 319. The summed E-state index contributed by atoms with van der Waals surface area (Å²) in [6.07, 6.45) is 2.48. The quantitative estimate of drug-likeness (QED) is 0.776. The summed E-state index contributed by atoms with van der Waals surface area (Å²) in [4.78, 5) is 4.37. The lowest BCUT2D eigenvalue weighted by atomic mass is 10.0. The van der Waals surface area contributed by atoms with Crippen LogP contribution in [0.5, 0.6) is 5.88 Å². The first kappa shape index (κ1) is 9.46. The van der Waals surface area contributed by atoms with Gasteiger partial charge < -0.3 is 10.1 Å². The summed E-state index contributed by atoms with van der Waals surface area (Å²) in [5.74, 6) is 0.698. The fourth-order valence-corrected chi connectivity index (χ4v) is 1.98. The van der Waals surface area contributed by atoms with Gasteiger partial charge in [0.15, 0.2) is 0 Å². The van der Waals surface area contributed by atoms with Crippen LogP contribution in [-0.2, 0) is 0 Å². The maximum Gasteiger partial charge on any atom is 0.213 e. The van der Waals surface area contributed by atoms with Crippen LogP contribution >= 0.6 is 0 Å². The Balaban J connectivity index is 2.25. The van der Waals surface area contributed by atoms with E-state index in [1.54, 1.807) is 7.11 Å². The number of hydrogen-bond acceptors (Lipinski definition) is 3. The largest absolute Gasteiger partial charge is 0.481 e. The number of rotatable bonds is 2. The van der Waals surface area contributed by atoms with E-state index >= 15 is 0 Å². The minimum Gasteiger partial charge on any atom is -0.481 e. The highest BCUT2D eigenvalue weighted by Crippen LogP contribution is 2.26. The topological polar surface area (TPSA) is 34.1 Å². The molecule has 1 aromatic rings. The lowest BCUT2D eigenvalue weighted by Crippen LogP contribution is -2.14. The van der Waals surface area contributed by atoms with Crippen LogP contribution in [0.2, 0.25) is 0 Å². The fourth-order valence-electron chi connectivity index (χ4n) is 1.98. The highest BCUT2D eigenvalue weighted by molar-refractivity contribution is 5.28. The van der Waals surface area contributed by atoms with E-state index in [1.807, 2.05) is 13.0 Å². The number of aromatic nitrogens is 1. The van der Waals surface area contributed by atoms with Gasteiger partial charge in [0.1, 0.15) is 0 Å². The van der Waals surface area contributed by atoms with Gasteiger partial charge >= 0.3 is 0 Å². The van der Waals surface area contributed by atoms with Gasteiger partial charge in [-0.1, -0.05) is 6.07 Å². The number of methoxy groups -OCH3 is 1. The molecule has 0 aliphatic carbocycles. The van der Waals surface area contributed by atoms with Gasteiger partial charge in [-0.3, -0.25) is 0 Å². The van der Waals surface area contributed by atoms with Crippen LogP contribution < -0.4 is 10.1 Å². The number of nitrogens with zero attached hydrogens (tertiary/aromatic N) is 1. The zero-order valence-electron chi connectivity index (χ0n) is 8.71. The summed E-state index contributed by atoms with van der Waals surface area (Å²) in [5, 5.41) is 3.47. The first-order chi connectivity index (χ1) is 6.81. The molecule has 76 valence electrons. The average molecular weight is 192 g/mol. The van der Waals surface area contributed by atoms with Crippen LogP contribution in [0.1, 0.15) is 30.1 Å². The molecule has 0 spiro atoms. The molecule has 2 heterocycles. The molecule has 3 nitrogen and oxygen atoms in total. The smallest absolute Gasteiger partial charge is 0.213 e. The number of hydrogen-bond donors (Lipinski definition) is 1. The van der Waals surface area contributed by atoms with Crippen LogP contribution in [0.25, 0.3) is 0 Å². The van der Waals surface area contributed by atoms with Crippen molar-refractivity contribution >= 4 is 0 Å². The van der Waals surface area contributed by atoms with E-state index in [0.29, 0.717) is 11.9 Å². The molecule has 1 aliphatic rings. The molecule has 0 aromatic carbocycles. The lowest BCUT2D eigenvalue weighted by Gasteiger charge is -2.13. The van der Waals surface area contributed by atoms with Gasteiger partial charge in [0, 0.05) is 17.8 Å². The SMILES string of the molecule is COc1ccc([C@@H]2CCCN2)c(C)n1. The van der Waals surface area contributed by atoms with Gasteiger partial charge in [-0.15, -0.1) is 0 Å². The molecule has 3 heteroatoms. The Hall–Kier alpha value is -1.09. The van der Waals surface area contributed by atoms with Gasteiger partial charge in [-0.25, -0.2) is 4.98 Å². The molecule has 14 heavy (non-hydrogen) atoms. The van der Waals surface area contributed by atoms with Crippen LogP contribution in [-0.4, -0.2) is 18.6 Å². The Morgan fingerprint density at radius 3 is 2.93 bits per heavy atom. The summed E-state index contributed by atoms with van der Waals surface area (Å²) < 4.78 is 5.08. The molecule has 1 saturated heterocycles. The van der Waals surface area contributed by atoms with E-state index in [1.165, 1.54) is 18.4 Å². The van der Waals surface area contributed by atoms with Gasteiger partial charge in [0.2, 0.25) is 5.88 Å². The summed E-state index contributed by atoms with van der Waals surface area (Å²) in [6.45, 7) is 3.16. The van der Waals surface area contributed by atoms with Crippen LogP contribution in [0.15, 0.2) is 12.1 Å². The van der Waals surface area contributed by atoms with Crippen molar-refractivity contribution in [3.8, 4) is 5.88 Å². The third kappa shape index (κ3) is 1.73. The van der Waals surface area contributed by atoms with E-state index in [2.05, 4.69) is 16.4 Å². The Kier molecular flexibility index (Phi) is 2.68. The zero-order chi connectivity index (χ0) is 9.97. The maximum atomic E-state index is 5.08. The molecule has 1 atom stereocenters. The molecule has 1 aromatic heterocycles. The van der Waals surface area contributed by atoms with E-state index in [0.717, 1.165) is 12.2 Å². The van der Waals surface area contributed by atoms with Crippen molar-refractivity contribution in [1.29, 1.82) is 0 Å². The second-order valence-corrected chi connectivity index (χ2v) is 3.68. The minimum atomic E-state index is 0.494. The third-order valence-electron chi connectivity index (χ3n) is 2.75.